The van der Waals surface area contributed by atoms with Gasteiger partial charge in [0, 0.05) is 69.6 Å². The number of rotatable bonds is 45. The predicted molar refractivity (Wildman–Crippen MR) is 458 cm³/mol. The van der Waals surface area contributed by atoms with Crippen LogP contribution in [-0.2, 0) is 14.4 Å². The summed E-state index contributed by atoms with van der Waals surface area (Å²) in [5, 5.41) is 228. The number of aliphatic hydroxyl groups is 21. The fraction of sp³-hybridized carbons (Fsp3) is 0.557. The summed E-state index contributed by atoms with van der Waals surface area (Å²) in [6, 6.07) is 0. The van der Waals surface area contributed by atoms with Crippen molar-refractivity contribution in [2.24, 2.45) is 5.92 Å². The summed E-state index contributed by atoms with van der Waals surface area (Å²) in [4.78, 5) is 131. The van der Waals surface area contributed by atoms with Crippen LogP contribution in [0.25, 0.3) is 0 Å². The number of halogens is 9. The lowest BCUT2D eigenvalue weighted by atomic mass is 9.96. The molecule has 0 saturated carbocycles. The number of hydrogen-bond donors (Lipinski definition) is 27. The Morgan fingerprint density at radius 1 is 0.275 bits per heavy atom. The zero-order valence-electron chi connectivity index (χ0n) is 56.7. The molecule has 0 radical (unpaired) electrons. The molecule has 109 heavy (non-hydrogen) atoms. The zero-order valence-corrected chi connectivity index (χ0v) is 76.1. The SMILES string of the molecule is O=C(NCCC(CCNC(=O)c1c(I)c(NC(=O)C(O)C(O)CO)c(I)c(C(=O)N(CC(O)CO)CC(O)CO)c1I)CCNC(=O)c1c(I)c(NC(=O)C(O)C(O)CO)c(I)c(C(=O)N(CC(O)CO)CC(O)CO)c1I)c1c(I)c(NC(=O)C(O)C(O)CO)c(I)c(C(=O)N(CC(O)CO)CC(O)CO)c1I. The number of carbonyl (C=O) groups excluding carboxylic acids is 9. The van der Waals surface area contributed by atoms with Gasteiger partial charge in [0.05, 0.1) is 168 Å². The van der Waals surface area contributed by atoms with Gasteiger partial charge in [0.25, 0.3) is 53.2 Å². The molecule has 12 atom stereocenters. The second-order valence-corrected chi connectivity index (χ2v) is 33.6. The molecule has 48 heteroatoms. The van der Waals surface area contributed by atoms with Crippen molar-refractivity contribution in [3.8, 4) is 0 Å². The molecule has 0 heterocycles. The molecule has 0 aliphatic heterocycles. The zero-order chi connectivity index (χ0) is 82.9. The van der Waals surface area contributed by atoms with Crippen LogP contribution in [0.5, 0.6) is 0 Å². The minimum atomic E-state index is -2.29. The molecule has 0 bridgehead atoms. The molecule has 614 valence electrons. The van der Waals surface area contributed by atoms with Gasteiger partial charge >= 0.3 is 0 Å². The summed E-state index contributed by atoms with van der Waals surface area (Å²) in [6.45, 7) is -13.5. The van der Waals surface area contributed by atoms with E-state index in [1.807, 2.05) is 0 Å². The number of hydrogen-bond acceptors (Lipinski definition) is 30. The highest BCUT2D eigenvalue weighted by atomic mass is 127. The number of nitrogens with zero attached hydrogens (tertiary/aromatic N) is 3. The van der Waals surface area contributed by atoms with E-state index in [1.54, 1.807) is 203 Å². The van der Waals surface area contributed by atoms with E-state index in [9.17, 15) is 150 Å². The highest BCUT2D eigenvalue weighted by Gasteiger charge is 2.39. The molecule has 0 aliphatic carbocycles. The van der Waals surface area contributed by atoms with Crippen LogP contribution in [0.4, 0.5) is 17.1 Å². The van der Waals surface area contributed by atoms with Gasteiger partial charge in [-0.2, -0.15) is 0 Å². The van der Waals surface area contributed by atoms with Crippen molar-refractivity contribution >= 4 is 274 Å². The fourth-order valence-electron chi connectivity index (χ4n) is 9.83. The van der Waals surface area contributed by atoms with E-state index in [-0.39, 0.29) is 121 Å². The van der Waals surface area contributed by atoms with Gasteiger partial charge in [-0.15, -0.1) is 0 Å². The Bertz CT molecular complexity index is 3280. The molecule has 3 aromatic rings. The Kier molecular flexibility index (Phi) is 46.5. The molecule has 0 aliphatic rings. The van der Waals surface area contributed by atoms with E-state index in [1.165, 1.54) is 0 Å². The molecule has 0 spiro atoms. The molecule has 0 saturated heterocycles. The van der Waals surface area contributed by atoms with Crippen LogP contribution < -0.4 is 31.9 Å². The maximum Gasteiger partial charge on any atom is 0.256 e. The average Bonchev–Trinajstić information content (AvgIpc) is 0.773. The first-order valence-electron chi connectivity index (χ1n) is 32.1. The van der Waals surface area contributed by atoms with Crippen molar-refractivity contribution < 1.29 is 150 Å². The summed E-state index contributed by atoms with van der Waals surface area (Å²) in [5.74, 6) is -10.7. The molecular formula is C61H82I9N9O30. The molecule has 12 unspecified atom stereocenters. The molecule has 3 aromatic carbocycles. The Morgan fingerprint density at radius 2 is 0.459 bits per heavy atom. The van der Waals surface area contributed by atoms with Crippen molar-refractivity contribution in [1.29, 1.82) is 0 Å². The normalized spacial score (nSPS) is 15.1. The molecular weight excluding hydrogens is 2480 g/mol. The number of anilines is 3. The number of benzene rings is 3. The van der Waals surface area contributed by atoms with E-state index in [0.717, 1.165) is 14.7 Å². The minimum absolute atomic E-state index is 0.0898. The van der Waals surface area contributed by atoms with Gasteiger partial charge in [0.2, 0.25) is 0 Å². The summed E-state index contributed by atoms with van der Waals surface area (Å²) in [7, 11) is 0. The summed E-state index contributed by atoms with van der Waals surface area (Å²) in [5.41, 5.74) is -2.97. The van der Waals surface area contributed by atoms with Gasteiger partial charge in [-0.1, -0.05) is 0 Å². The Labute approximate surface area is 743 Å². The first-order chi connectivity index (χ1) is 51.2. The second kappa shape index (κ2) is 49.8. The third-order valence-corrected chi connectivity index (χ3v) is 25.4. The Hall–Kier alpha value is -1.38. The van der Waals surface area contributed by atoms with Crippen LogP contribution >= 0.6 is 203 Å². The van der Waals surface area contributed by atoms with E-state index in [4.69, 9.17) is 0 Å². The number of aliphatic hydroxyl groups excluding tert-OH is 21. The van der Waals surface area contributed by atoms with Gasteiger partial charge in [-0.05, 0) is 228 Å². The summed E-state index contributed by atoms with van der Waals surface area (Å²) in [6.07, 6.45) is -22.9. The van der Waals surface area contributed by atoms with E-state index < -0.39 is 231 Å². The topological polar surface area (TPSA) is 660 Å². The van der Waals surface area contributed by atoms with Crippen molar-refractivity contribution in [1.82, 2.24) is 30.7 Å². The lowest BCUT2D eigenvalue weighted by Gasteiger charge is -2.29. The lowest BCUT2D eigenvalue weighted by Crippen LogP contribution is -2.45. The van der Waals surface area contributed by atoms with Crippen LogP contribution in [0.3, 0.4) is 0 Å². The van der Waals surface area contributed by atoms with Gasteiger partial charge in [0.15, 0.2) is 18.3 Å². The fourth-order valence-corrected chi connectivity index (χ4v) is 23.0. The van der Waals surface area contributed by atoms with E-state index in [0.29, 0.717) is 0 Å². The van der Waals surface area contributed by atoms with Crippen LogP contribution in [0.15, 0.2) is 0 Å². The molecule has 3 rings (SSSR count). The molecule has 9 amide bonds. The molecule has 27 N–H and O–H groups in total. The molecule has 0 fully saturated rings. The van der Waals surface area contributed by atoms with Crippen molar-refractivity contribution in [3.63, 3.8) is 0 Å². The number of carbonyl (C=O) groups is 9. The van der Waals surface area contributed by atoms with Crippen LogP contribution in [0, 0.1) is 38.0 Å². The third-order valence-electron chi connectivity index (χ3n) is 15.7. The molecule has 0 aromatic heterocycles. The van der Waals surface area contributed by atoms with E-state index in [2.05, 4.69) is 31.9 Å². The monoisotopic (exact) mass is 2560 g/mol. The highest BCUT2D eigenvalue weighted by molar-refractivity contribution is 14.1. The van der Waals surface area contributed by atoms with Crippen LogP contribution in [0.2, 0.25) is 0 Å². The summed E-state index contributed by atoms with van der Waals surface area (Å²) < 4.78 is -0.979. The van der Waals surface area contributed by atoms with Gasteiger partial charge in [-0.25, -0.2) is 0 Å². The summed E-state index contributed by atoms with van der Waals surface area (Å²) >= 11 is 14.8. The minimum Gasteiger partial charge on any atom is -0.394 e. The second-order valence-electron chi connectivity index (χ2n) is 23.9. The first-order valence-corrected chi connectivity index (χ1v) is 41.8. The largest absolute Gasteiger partial charge is 0.394 e. The number of nitrogens with one attached hydrogen (secondary N) is 6. The van der Waals surface area contributed by atoms with Crippen molar-refractivity contribution in [2.45, 2.75) is 92.5 Å². The lowest BCUT2D eigenvalue weighted by molar-refractivity contribution is -0.131. The van der Waals surface area contributed by atoms with Gasteiger partial charge in [0.1, 0.15) is 18.3 Å². The van der Waals surface area contributed by atoms with Crippen molar-refractivity contribution in [2.75, 3.05) is 134 Å². The maximum atomic E-state index is 14.8. The average molecular weight is 2560 g/mol. The Balaban J connectivity index is 2.38. The Morgan fingerprint density at radius 3 is 0.633 bits per heavy atom. The van der Waals surface area contributed by atoms with Crippen LogP contribution in [0.1, 0.15) is 81.4 Å². The smallest absolute Gasteiger partial charge is 0.256 e. The first kappa shape index (κ1) is 102. The maximum absolute atomic E-state index is 14.8. The van der Waals surface area contributed by atoms with E-state index >= 15 is 0 Å². The van der Waals surface area contributed by atoms with Crippen LogP contribution in [-0.4, -0.2) is 367 Å². The molecule has 39 nitrogen and oxygen atoms in total. The predicted octanol–water partition coefficient (Wildman–Crippen LogP) is -6.09. The van der Waals surface area contributed by atoms with Gasteiger partial charge in [-0.3, -0.25) is 43.2 Å². The third kappa shape index (κ3) is 28.4. The van der Waals surface area contributed by atoms with Crippen molar-refractivity contribution in [3.05, 3.63) is 65.5 Å². The highest BCUT2D eigenvalue weighted by Crippen LogP contribution is 2.40. The standard InChI is InChI=1S/C61H82I9N9O30/c62-38-32(41(65)47(74-56(104)50(98)29(95)19-86)44(68)35(38)59(107)77(7-23(89)13-80)8-24(90)14-81)53(101)71-4-1-22(2-5-72-54(102)33-39(63)36(60(108)78(9-25(91)15-82)10-26(92)16-83)45(69)48(42(33)66)75-57(105)51(99)30(96)20-87)3-6-73-55(103)34-40(64)37(61(109)79(11-27(93)17-84)12-28(94)18-85)46(70)49(43(34)67)76-58(106)52(100)31(97)21-88/h22-31,50-52,80-100H,1-21H2,(H,71,101)(H,72,102)(H,73,103)(H,74,104)(H,75,105)(H,76,106). The van der Waals surface area contributed by atoms with Gasteiger partial charge < -0.3 is 154 Å². The quantitative estimate of drug-likeness (QED) is 0.0234. The number of amides is 9.